The Balaban J connectivity index is 1.01. The van der Waals surface area contributed by atoms with Crippen LogP contribution in [0, 0.1) is 0 Å². The summed E-state index contributed by atoms with van der Waals surface area (Å²) in [6.07, 6.45) is 0. The molecule has 17 aromatic rings. The van der Waals surface area contributed by atoms with Gasteiger partial charge in [-0.1, -0.05) is 218 Å². The molecule has 0 amide bonds. The summed E-state index contributed by atoms with van der Waals surface area (Å²) in [6, 6.07) is 99.3. The van der Waals surface area contributed by atoms with Gasteiger partial charge in [-0.25, -0.2) is 4.98 Å². The average molecular weight is 1040 g/mol. The Morgan fingerprint density at radius 1 is 0.305 bits per heavy atom. The summed E-state index contributed by atoms with van der Waals surface area (Å²) < 4.78 is 6.86. The van der Waals surface area contributed by atoms with Gasteiger partial charge in [0.2, 0.25) is 5.89 Å². The summed E-state index contributed by atoms with van der Waals surface area (Å²) >= 11 is 0. The number of oxazole rings is 1. The van der Waals surface area contributed by atoms with Gasteiger partial charge in [-0.3, -0.25) is 0 Å². The molecule has 0 spiro atoms. The van der Waals surface area contributed by atoms with Crippen molar-refractivity contribution < 1.29 is 4.42 Å². The van der Waals surface area contributed by atoms with E-state index in [1.807, 2.05) is 24.3 Å². The number of fused-ring (bicyclic) bond motifs is 11. The Hall–Kier alpha value is -10.7. The highest BCUT2D eigenvalue weighted by Gasteiger charge is 2.46. The average Bonchev–Trinajstić information content (AvgIpc) is 3.09. The molecule has 0 N–H and O–H groups in total. The van der Waals surface area contributed by atoms with Gasteiger partial charge in [0.15, 0.2) is 5.58 Å². The van der Waals surface area contributed by atoms with Gasteiger partial charge in [0.25, 0.3) is 6.71 Å². The molecule has 2 aliphatic heterocycles. The topological polar surface area (TPSA) is 32.5 Å². The van der Waals surface area contributed by atoms with Crippen LogP contribution in [-0.2, 0) is 0 Å². The minimum absolute atomic E-state index is 0.214. The second kappa shape index (κ2) is 16.4. The Morgan fingerprint density at radius 2 is 0.695 bits per heavy atom. The van der Waals surface area contributed by atoms with E-state index in [9.17, 15) is 0 Å². The predicted molar refractivity (Wildman–Crippen MR) is 347 cm³/mol. The van der Waals surface area contributed by atoms with Crippen molar-refractivity contribution in [2.45, 2.75) is 0 Å². The minimum Gasteiger partial charge on any atom is -0.436 e. The van der Waals surface area contributed by atoms with Crippen molar-refractivity contribution in [2.24, 2.45) is 0 Å². The van der Waals surface area contributed by atoms with Crippen LogP contribution in [0.2, 0.25) is 0 Å². The molecule has 19 rings (SSSR count). The third kappa shape index (κ3) is 5.98. The van der Waals surface area contributed by atoms with Gasteiger partial charge in [0, 0.05) is 50.5 Å². The zero-order valence-electron chi connectivity index (χ0n) is 44.2. The number of hydrogen-bond donors (Lipinski definition) is 0. The number of para-hydroxylation sites is 2. The van der Waals surface area contributed by atoms with Gasteiger partial charge in [-0.2, -0.15) is 0 Å². The molecule has 2 aliphatic rings. The molecule has 0 saturated heterocycles. The van der Waals surface area contributed by atoms with Crippen LogP contribution in [0.4, 0.5) is 34.1 Å². The molecule has 0 fully saturated rings. The van der Waals surface area contributed by atoms with Crippen LogP contribution in [0.15, 0.2) is 271 Å². The van der Waals surface area contributed by atoms with Gasteiger partial charge in [-0.05, 0) is 163 Å². The number of anilines is 6. The maximum absolute atomic E-state index is 6.86. The molecule has 16 aromatic carbocycles. The van der Waals surface area contributed by atoms with E-state index in [1.165, 1.54) is 136 Å². The van der Waals surface area contributed by atoms with E-state index in [1.54, 1.807) is 0 Å². The summed E-state index contributed by atoms with van der Waals surface area (Å²) in [7, 11) is 0. The highest BCUT2D eigenvalue weighted by Crippen LogP contribution is 2.53. The monoisotopic (exact) mass is 1040 g/mol. The number of nitrogens with zero attached hydrogens (tertiary/aromatic N) is 3. The van der Waals surface area contributed by atoms with E-state index in [2.05, 4.69) is 252 Å². The van der Waals surface area contributed by atoms with Crippen molar-refractivity contribution in [1.29, 1.82) is 0 Å². The fourth-order valence-corrected chi connectivity index (χ4v) is 14.9. The molecule has 3 heterocycles. The lowest BCUT2D eigenvalue weighted by Crippen LogP contribution is -2.61. The molecule has 376 valence electrons. The third-order valence-electron chi connectivity index (χ3n) is 18.3. The first-order valence-electron chi connectivity index (χ1n) is 28.4. The maximum Gasteiger partial charge on any atom is 0.252 e. The lowest BCUT2D eigenvalue weighted by atomic mass is 9.33. The third-order valence-corrected chi connectivity index (χ3v) is 18.3. The summed E-state index contributed by atoms with van der Waals surface area (Å²) in [5, 5.41) is 20.2. The van der Waals surface area contributed by atoms with E-state index in [4.69, 9.17) is 9.40 Å². The van der Waals surface area contributed by atoms with Gasteiger partial charge in [-0.15, -0.1) is 0 Å². The first-order chi connectivity index (χ1) is 40.7. The largest absolute Gasteiger partial charge is 0.436 e. The van der Waals surface area contributed by atoms with Crippen molar-refractivity contribution in [3.8, 4) is 33.7 Å². The second-order valence-electron chi connectivity index (χ2n) is 22.4. The van der Waals surface area contributed by atoms with Crippen LogP contribution in [0.3, 0.4) is 0 Å². The number of aromatic nitrogens is 1. The van der Waals surface area contributed by atoms with Crippen LogP contribution in [-0.4, -0.2) is 11.7 Å². The van der Waals surface area contributed by atoms with Crippen LogP contribution in [0.1, 0.15) is 0 Å². The molecule has 4 nitrogen and oxygen atoms in total. The number of hydrogen-bond acceptors (Lipinski definition) is 4. The Bertz CT molecular complexity index is 5170. The molecule has 0 atom stereocenters. The smallest absolute Gasteiger partial charge is 0.252 e. The summed E-state index contributed by atoms with van der Waals surface area (Å²) in [5.41, 5.74) is 17.6. The zero-order valence-corrected chi connectivity index (χ0v) is 44.2. The molecule has 5 heteroatoms. The van der Waals surface area contributed by atoms with Gasteiger partial charge >= 0.3 is 0 Å². The Kier molecular flexibility index (Phi) is 8.84. The standard InChI is InChI=1S/C77H44BN3O/c1-3-15-45(16-4-1)47-33-37-52(38-34-47)80-67-41-51(77-79-66-31-7-8-32-69(66)82-77)42-68-74(67)78(64-43-62-58-25-11-21-49-19-9-23-54(70(49)58)56-27-13-29-60(72(56)62)75(64)80)65-44-63-59-26-12-22-50-20-10-24-55(71(50)59)57-28-14-30-61(73(57)63)76(65)81(68)53-39-35-48(36-40-53)46-17-5-2-6-18-46/h1-44H. The van der Waals surface area contributed by atoms with Gasteiger partial charge < -0.3 is 14.2 Å². The van der Waals surface area contributed by atoms with Crippen molar-refractivity contribution in [3.05, 3.63) is 267 Å². The molecular formula is C77H44BN3O. The van der Waals surface area contributed by atoms with Gasteiger partial charge in [0.05, 0.1) is 0 Å². The first-order valence-corrected chi connectivity index (χ1v) is 28.4. The van der Waals surface area contributed by atoms with Crippen LogP contribution < -0.4 is 26.2 Å². The van der Waals surface area contributed by atoms with E-state index < -0.39 is 0 Å². The highest BCUT2D eigenvalue weighted by molar-refractivity contribution is 7.01. The normalized spacial score (nSPS) is 13.0. The van der Waals surface area contributed by atoms with Gasteiger partial charge in [0.1, 0.15) is 5.52 Å². The summed E-state index contributed by atoms with van der Waals surface area (Å²) in [6.45, 7) is -0.214. The number of benzene rings is 16. The van der Waals surface area contributed by atoms with Crippen molar-refractivity contribution in [2.75, 3.05) is 9.80 Å². The van der Waals surface area contributed by atoms with Crippen LogP contribution in [0.25, 0.3) is 131 Å². The predicted octanol–water partition coefficient (Wildman–Crippen LogP) is 19.0. The molecule has 0 radical (unpaired) electrons. The van der Waals surface area contributed by atoms with Crippen molar-refractivity contribution in [1.82, 2.24) is 4.98 Å². The summed E-state index contributed by atoms with van der Waals surface area (Å²) in [5.74, 6) is 0.579. The molecular weight excluding hydrogens is 994 g/mol. The molecule has 0 aliphatic carbocycles. The van der Waals surface area contributed by atoms with E-state index in [-0.39, 0.29) is 6.71 Å². The van der Waals surface area contributed by atoms with E-state index >= 15 is 0 Å². The minimum atomic E-state index is -0.214. The fraction of sp³-hybridized carbons (Fsp3) is 0. The molecule has 1 aromatic heterocycles. The van der Waals surface area contributed by atoms with Crippen LogP contribution >= 0.6 is 0 Å². The van der Waals surface area contributed by atoms with Crippen molar-refractivity contribution in [3.63, 3.8) is 0 Å². The molecule has 0 unspecified atom stereocenters. The van der Waals surface area contributed by atoms with E-state index in [0.29, 0.717) is 5.89 Å². The lowest BCUT2D eigenvalue weighted by molar-refractivity contribution is 0.620. The fourth-order valence-electron chi connectivity index (χ4n) is 14.9. The molecule has 82 heavy (non-hydrogen) atoms. The maximum atomic E-state index is 6.86. The molecule has 0 bridgehead atoms. The SMILES string of the molecule is c1ccc(-c2ccc(N3c4cc(-c5nc6ccccc6o5)cc5c4B(c4cc6c7cccc8cccc(c9cccc(c43)c96)c87)c3cc4c6cccc7cccc(c8cccc(c3N5c3ccc(-c5ccccc5)cc3)c84)c76)cc2)cc1. The second-order valence-corrected chi connectivity index (χ2v) is 22.4. The first kappa shape index (κ1) is 44.1. The van der Waals surface area contributed by atoms with E-state index in [0.717, 1.165) is 39.4 Å². The summed E-state index contributed by atoms with van der Waals surface area (Å²) in [4.78, 5) is 10.4. The number of rotatable bonds is 5. The highest BCUT2D eigenvalue weighted by atomic mass is 16.3. The Labute approximate surface area is 471 Å². The Morgan fingerprint density at radius 3 is 1.16 bits per heavy atom. The van der Waals surface area contributed by atoms with Crippen LogP contribution in [0.5, 0.6) is 0 Å². The molecule has 0 saturated carbocycles. The zero-order chi connectivity index (χ0) is 53.3. The quantitative estimate of drug-likeness (QED) is 0.0977. The lowest BCUT2D eigenvalue weighted by Gasteiger charge is -2.45. The van der Waals surface area contributed by atoms with Crippen molar-refractivity contribution >= 4 is 155 Å².